The fourth-order valence-corrected chi connectivity index (χ4v) is 4.81. The molecule has 0 amide bonds. The highest BCUT2D eigenvalue weighted by atomic mass is 15.1. The summed E-state index contributed by atoms with van der Waals surface area (Å²) in [6.45, 7) is 8.56. The molecule has 0 aromatic carbocycles. The fraction of sp³-hybridized carbons (Fsp3) is 1.00. The zero-order valence-electron chi connectivity index (χ0n) is 15.1. The van der Waals surface area contributed by atoms with E-state index in [9.17, 15) is 0 Å². The summed E-state index contributed by atoms with van der Waals surface area (Å²) >= 11 is 0. The Balaban J connectivity index is 1.91. The molecular weight excluding hydrogens is 256 g/mol. The van der Waals surface area contributed by atoms with Gasteiger partial charge in [0.25, 0.3) is 0 Å². The van der Waals surface area contributed by atoms with Crippen LogP contribution in [0.1, 0.15) is 65.7 Å². The summed E-state index contributed by atoms with van der Waals surface area (Å²) in [6.07, 6.45) is 9.94. The lowest BCUT2D eigenvalue weighted by molar-refractivity contribution is 0.0951. The van der Waals surface area contributed by atoms with E-state index in [1.165, 1.54) is 51.5 Å². The van der Waals surface area contributed by atoms with Crippen molar-refractivity contribution < 1.29 is 0 Å². The minimum Gasteiger partial charge on any atom is -0.317 e. The molecule has 0 bridgehead atoms. The first kappa shape index (κ1) is 17.3. The van der Waals surface area contributed by atoms with Crippen LogP contribution in [0, 0.1) is 23.7 Å². The molecule has 2 fully saturated rings. The van der Waals surface area contributed by atoms with E-state index in [-0.39, 0.29) is 0 Å². The van der Waals surface area contributed by atoms with Crippen LogP contribution in [0.2, 0.25) is 0 Å². The van der Waals surface area contributed by atoms with Gasteiger partial charge in [-0.3, -0.25) is 0 Å². The van der Waals surface area contributed by atoms with Gasteiger partial charge in [0.2, 0.25) is 0 Å². The molecule has 2 rings (SSSR count). The van der Waals surface area contributed by atoms with E-state index in [1.807, 2.05) is 0 Å². The molecule has 21 heavy (non-hydrogen) atoms. The Morgan fingerprint density at radius 2 is 1.86 bits per heavy atom. The third-order valence-electron chi connectivity index (χ3n) is 6.39. The van der Waals surface area contributed by atoms with E-state index in [1.54, 1.807) is 0 Å². The lowest BCUT2D eigenvalue weighted by Gasteiger charge is -2.42. The Kier molecular flexibility index (Phi) is 6.55. The highest BCUT2D eigenvalue weighted by Gasteiger charge is 2.33. The molecule has 1 N–H and O–H groups in total. The first-order valence-electron chi connectivity index (χ1n) is 9.38. The third-order valence-corrected chi connectivity index (χ3v) is 6.39. The van der Waals surface area contributed by atoms with Gasteiger partial charge in [-0.1, -0.05) is 33.6 Å². The van der Waals surface area contributed by atoms with Gasteiger partial charge in [-0.05, 0) is 69.9 Å². The van der Waals surface area contributed by atoms with E-state index in [0.717, 1.165) is 35.8 Å². The summed E-state index contributed by atoms with van der Waals surface area (Å²) in [6, 6.07) is 1.58. The van der Waals surface area contributed by atoms with Gasteiger partial charge in [-0.15, -0.1) is 0 Å². The van der Waals surface area contributed by atoms with Gasteiger partial charge in [0, 0.05) is 18.6 Å². The molecule has 0 aromatic rings. The van der Waals surface area contributed by atoms with Crippen molar-refractivity contribution in [1.29, 1.82) is 0 Å². The van der Waals surface area contributed by atoms with Gasteiger partial charge in [-0.25, -0.2) is 0 Å². The second kappa shape index (κ2) is 7.97. The molecule has 2 heteroatoms. The molecule has 5 unspecified atom stereocenters. The number of hydrogen-bond acceptors (Lipinski definition) is 2. The van der Waals surface area contributed by atoms with Gasteiger partial charge in [0.05, 0.1) is 0 Å². The van der Waals surface area contributed by atoms with Crippen molar-refractivity contribution in [3.8, 4) is 0 Å². The number of rotatable bonds is 5. The summed E-state index contributed by atoms with van der Waals surface area (Å²) in [5.41, 5.74) is 0. The Bertz CT molecular complexity index is 302. The topological polar surface area (TPSA) is 15.3 Å². The molecule has 5 atom stereocenters. The lowest BCUT2D eigenvalue weighted by atomic mass is 9.73. The molecule has 124 valence electrons. The molecule has 2 nitrogen and oxygen atoms in total. The van der Waals surface area contributed by atoms with Crippen molar-refractivity contribution in [2.24, 2.45) is 23.7 Å². The molecule has 0 aliphatic heterocycles. The van der Waals surface area contributed by atoms with Crippen molar-refractivity contribution in [2.75, 3.05) is 20.6 Å². The lowest BCUT2D eigenvalue weighted by Crippen LogP contribution is -2.47. The van der Waals surface area contributed by atoms with Crippen molar-refractivity contribution in [1.82, 2.24) is 10.2 Å². The van der Waals surface area contributed by atoms with Gasteiger partial charge < -0.3 is 10.2 Å². The first-order chi connectivity index (χ1) is 10.0. The van der Waals surface area contributed by atoms with Gasteiger partial charge in [0.1, 0.15) is 0 Å². The molecule has 0 aromatic heterocycles. The summed E-state index contributed by atoms with van der Waals surface area (Å²) in [4.78, 5) is 2.70. The average Bonchev–Trinajstić information content (AvgIpc) is 2.47. The molecule has 0 heterocycles. The number of nitrogens with zero attached hydrogens (tertiary/aromatic N) is 1. The summed E-state index contributed by atoms with van der Waals surface area (Å²) < 4.78 is 0. The quantitative estimate of drug-likeness (QED) is 0.819. The smallest absolute Gasteiger partial charge is 0.0105 e. The zero-order chi connectivity index (χ0) is 15.4. The molecule has 0 radical (unpaired) electrons. The van der Waals surface area contributed by atoms with Crippen LogP contribution in [0.5, 0.6) is 0 Å². The van der Waals surface area contributed by atoms with Crippen molar-refractivity contribution in [2.45, 2.75) is 77.8 Å². The maximum absolute atomic E-state index is 3.60. The number of nitrogens with one attached hydrogen (secondary N) is 1. The zero-order valence-corrected chi connectivity index (χ0v) is 15.1. The summed E-state index contributed by atoms with van der Waals surface area (Å²) in [7, 11) is 4.55. The standard InChI is InChI=1S/C19H38N2/c1-14(2)16-9-10-19(20-4)17(12-16)13-21(5)18-8-6-7-15(3)11-18/h14-20H,6-13H2,1-5H3. The van der Waals surface area contributed by atoms with E-state index >= 15 is 0 Å². The van der Waals surface area contributed by atoms with Crippen LogP contribution in [0.3, 0.4) is 0 Å². The van der Waals surface area contributed by atoms with Crippen LogP contribution < -0.4 is 5.32 Å². The summed E-state index contributed by atoms with van der Waals surface area (Å²) in [5.74, 6) is 3.57. The van der Waals surface area contributed by atoms with Crippen LogP contribution in [0.15, 0.2) is 0 Å². The van der Waals surface area contributed by atoms with E-state index in [4.69, 9.17) is 0 Å². The first-order valence-corrected chi connectivity index (χ1v) is 9.38. The van der Waals surface area contributed by atoms with E-state index in [0.29, 0.717) is 0 Å². The van der Waals surface area contributed by atoms with Gasteiger partial charge in [-0.2, -0.15) is 0 Å². The van der Waals surface area contributed by atoms with Gasteiger partial charge in [0.15, 0.2) is 0 Å². The van der Waals surface area contributed by atoms with Crippen LogP contribution in [0.25, 0.3) is 0 Å². The number of hydrogen-bond donors (Lipinski definition) is 1. The predicted molar refractivity (Wildman–Crippen MR) is 92.6 cm³/mol. The largest absolute Gasteiger partial charge is 0.317 e. The van der Waals surface area contributed by atoms with Crippen LogP contribution in [-0.4, -0.2) is 37.6 Å². The molecule has 0 saturated heterocycles. The Morgan fingerprint density at radius 3 is 2.48 bits per heavy atom. The highest BCUT2D eigenvalue weighted by Crippen LogP contribution is 2.35. The third kappa shape index (κ3) is 4.69. The van der Waals surface area contributed by atoms with Crippen molar-refractivity contribution in [3.05, 3.63) is 0 Å². The molecule has 2 saturated carbocycles. The van der Waals surface area contributed by atoms with Crippen LogP contribution in [0.4, 0.5) is 0 Å². The SMILES string of the molecule is CNC1CCC(C(C)C)CC1CN(C)C1CCCC(C)C1. The Hall–Kier alpha value is -0.0800. The van der Waals surface area contributed by atoms with Crippen LogP contribution in [-0.2, 0) is 0 Å². The molecule has 2 aliphatic rings. The van der Waals surface area contributed by atoms with Gasteiger partial charge >= 0.3 is 0 Å². The minimum absolute atomic E-state index is 0.739. The fourth-order valence-electron chi connectivity index (χ4n) is 4.81. The maximum Gasteiger partial charge on any atom is 0.0105 e. The maximum atomic E-state index is 3.60. The Morgan fingerprint density at radius 1 is 1.10 bits per heavy atom. The highest BCUT2D eigenvalue weighted by molar-refractivity contribution is 4.88. The van der Waals surface area contributed by atoms with E-state index < -0.39 is 0 Å². The normalized spacial score (nSPS) is 38.1. The predicted octanol–water partition coefficient (Wildman–Crippen LogP) is 4.16. The minimum atomic E-state index is 0.739. The molecule has 2 aliphatic carbocycles. The Labute approximate surface area is 133 Å². The molecular formula is C19H38N2. The average molecular weight is 295 g/mol. The summed E-state index contributed by atoms with van der Waals surface area (Å²) in [5, 5.41) is 3.60. The van der Waals surface area contributed by atoms with E-state index in [2.05, 4.69) is 45.1 Å². The van der Waals surface area contributed by atoms with Crippen molar-refractivity contribution >= 4 is 0 Å². The monoisotopic (exact) mass is 294 g/mol. The second-order valence-electron chi connectivity index (χ2n) is 8.34. The van der Waals surface area contributed by atoms with Crippen LogP contribution >= 0.6 is 0 Å². The second-order valence-corrected chi connectivity index (χ2v) is 8.34. The molecule has 0 spiro atoms. The van der Waals surface area contributed by atoms with Crippen molar-refractivity contribution in [3.63, 3.8) is 0 Å².